The van der Waals surface area contributed by atoms with Crippen molar-refractivity contribution in [3.63, 3.8) is 0 Å². The number of carbonyl (C=O) groups is 1. The molecule has 174 valence electrons. The van der Waals surface area contributed by atoms with Crippen molar-refractivity contribution < 1.29 is 26.4 Å². The number of carbonyl (C=O) groups excluding carboxylic acids is 1. The third kappa shape index (κ3) is 5.86. The van der Waals surface area contributed by atoms with Crippen molar-refractivity contribution in [2.45, 2.75) is 20.3 Å². The molecular formula is C23H27ClN6O2S. The van der Waals surface area contributed by atoms with Crippen LogP contribution in [0.5, 0.6) is 0 Å². The number of aromatic nitrogens is 3. The first-order valence-corrected chi connectivity index (χ1v) is 10.8. The number of anilines is 3. The van der Waals surface area contributed by atoms with Crippen molar-refractivity contribution in [2.75, 3.05) is 49.3 Å². The van der Waals surface area contributed by atoms with Gasteiger partial charge < -0.3 is 15.3 Å². The molecular weight excluding hydrogens is 460 g/mol. The van der Waals surface area contributed by atoms with Crippen LogP contribution in [0.15, 0.2) is 30.5 Å². The van der Waals surface area contributed by atoms with Gasteiger partial charge in [0.15, 0.2) is 10.9 Å². The second-order valence-electron chi connectivity index (χ2n) is 6.79. The van der Waals surface area contributed by atoms with Crippen molar-refractivity contribution in [1.29, 1.82) is 0 Å². The SMILES string of the molecule is [2H]C([2H])(O)C([2H])([2H])N1C([2H])([2H])C([2H])([2H])N(c2cc(Nc3ncc(C(=O)Cc4c(C)cccc4Cl)s3)nc(C)n2)C([2H])([2H])C1([2H])[2H]. The van der Waals surface area contributed by atoms with E-state index < -0.39 is 49.8 Å². The number of halogens is 1. The number of β-amino-alcohol motifs (C(OH)–C–C–N with tert-alkyl or cyclic N) is 1. The zero-order valence-corrected chi connectivity index (χ0v) is 19.0. The van der Waals surface area contributed by atoms with Crippen LogP contribution in [-0.2, 0) is 6.42 Å². The monoisotopic (exact) mass is 498 g/mol. The van der Waals surface area contributed by atoms with Gasteiger partial charge in [0.25, 0.3) is 0 Å². The Morgan fingerprint density at radius 2 is 2.09 bits per heavy atom. The minimum atomic E-state index is -3.95. The lowest BCUT2D eigenvalue weighted by Crippen LogP contribution is -2.47. The first kappa shape index (κ1) is 12.8. The summed E-state index contributed by atoms with van der Waals surface area (Å²) in [5, 5.41) is 13.2. The average Bonchev–Trinajstić information content (AvgIpc) is 3.32. The summed E-state index contributed by atoms with van der Waals surface area (Å²) < 4.78 is 98.7. The summed E-state index contributed by atoms with van der Waals surface area (Å²) in [5.74, 6) is -1.12. The lowest BCUT2D eigenvalue weighted by atomic mass is 10.0. The number of thiazole rings is 1. The standard InChI is InChI=1S/C23H27ClN6O2S/c1-15-4-3-5-18(24)17(15)12-19(32)20-14-25-23(33-20)28-21-13-22(27-16(2)26-21)30-8-6-29(7-9-30)10-11-31/h3-5,13-14,31H,6-12H2,1-2H3,(H,25,26,27,28)/i6D2,7D2,8D2,9D2,10D2,11D2. The summed E-state index contributed by atoms with van der Waals surface area (Å²) in [7, 11) is 0. The Morgan fingerprint density at radius 3 is 2.82 bits per heavy atom. The van der Waals surface area contributed by atoms with Crippen molar-refractivity contribution in [1.82, 2.24) is 19.9 Å². The summed E-state index contributed by atoms with van der Waals surface area (Å²) in [6.07, 6.45) is 1.34. The zero-order valence-electron chi connectivity index (χ0n) is 29.5. The van der Waals surface area contributed by atoms with E-state index in [2.05, 4.69) is 20.3 Å². The summed E-state index contributed by atoms with van der Waals surface area (Å²) in [5.41, 5.74) is 1.50. The Labute approximate surface area is 219 Å². The summed E-state index contributed by atoms with van der Waals surface area (Å²) >= 11 is 7.20. The minimum Gasteiger partial charge on any atom is -0.395 e. The van der Waals surface area contributed by atoms with E-state index in [4.69, 9.17) is 28.1 Å². The normalized spacial score (nSPS) is 26.8. The molecule has 0 spiro atoms. The van der Waals surface area contributed by atoms with Gasteiger partial charge in [-0.2, -0.15) is 0 Å². The van der Waals surface area contributed by atoms with E-state index >= 15 is 0 Å². The molecule has 2 aromatic heterocycles. The number of aliphatic hydroxyl groups is 1. The van der Waals surface area contributed by atoms with Gasteiger partial charge in [0.1, 0.15) is 17.5 Å². The van der Waals surface area contributed by atoms with Gasteiger partial charge in [-0.25, -0.2) is 15.0 Å². The van der Waals surface area contributed by atoms with Gasteiger partial charge in [-0.05, 0) is 31.0 Å². The summed E-state index contributed by atoms with van der Waals surface area (Å²) in [6, 6.07) is 6.25. The first-order valence-electron chi connectivity index (χ1n) is 15.6. The molecule has 2 N–H and O–H groups in total. The van der Waals surface area contributed by atoms with Crippen LogP contribution >= 0.6 is 22.9 Å². The second-order valence-corrected chi connectivity index (χ2v) is 8.23. The van der Waals surface area contributed by atoms with E-state index in [1.807, 2.05) is 13.0 Å². The molecule has 3 aromatic rings. The molecule has 1 fully saturated rings. The van der Waals surface area contributed by atoms with Crippen molar-refractivity contribution >= 4 is 45.5 Å². The molecule has 1 aliphatic rings. The number of aryl methyl sites for hydroxylation is 2. The molecule has 0 atom stereocenters. The van der Waals surface area contributed by atoms with Crippen LogP contribution in [0.3, 0.4) is 0 Å². The molecule has 0 amide bonds. The molecule has 10 heteroatoms. The molecule has 1 aromatic carbocycles. The molecule has 1 aliphatic heterocycles. The number of Topliss-reactive ketones (excluding diaryl/α,β-unsaturated/α-hetero) is 1. The van der Waals surface area contributed by atoms with Crippen LogP contribution in [0.1, 0.15) is 43.1 Å². The van der Waals surface area contributed by atoms with Gasteiger partial charge in [0.2, 0.25) is 0 Å². The van der Waals surface area contributed by atoms with E-state index in [0.29, 0.717) is 10.6 Å². The molecule has 0 unspecified atom stereocenters. The van der Waals surface area contributed by atoms with Gasteiger partial charge in [0.05, 0.1) is 25.9 Å². The minimum absolute atomic E-state index is 0.0137. The smallest absolute Gasteiger partial charge is 0.188 e. The van der Waals surface area contributed by atoms with E-state index in [1.54, 1.807) is 12.1 Å². The number of hydrogen-bond donors (Lipinski definition) is 2. The second kappa shape index (κ2) is 10.6. The van der Waals surface area contributed by atoms with Gasteiger partial charge in [-0.15, -0.1) is 0 Å². The highest BCUT2D eigenvalue weighted by molar-refractivity contribution is 7.17. The maximum absolute atomic E-state index is 13.0. The van der Waals surface area contributed by atoms with Crippen molar-refractivity contribution in [3.8, 4) is 0 Å². The van der Waals surface area contributed by atoms with Crippen molar-refractivity contribution in [2.24, 2.45) is 0 Å². The molecule has 33 heavy (non-hydrogen) atoms. The fraction of sp³-hybridized carbons (Fsp3) is 0.391. The van der Waals surface area contributed by atoms with Crippen LogP contribution in [-0.4, -0.2) is 69.8 Å². The Morgan fingerprint density at radius 1 is 1.30 bits per heavy atom. The van der Waals surface area contributed by atoms with Gasteiger partial charge in [0, 0.05) is 58.2 Å². The Hall–Kier alpha value is -2.59. The Bertz CT molecular complexity index is 1590. The lowest BCUT2D eigenvalue weighted by Gasteiger charge is -2.35. The van der Waals surface area contributed by atoms with E-state index in [-0.39, 0.29) is 38.8 Å². The predicted octanol–water partition coefficient (Wildman–Crippen LogP) is 3.49. The highest BCUT2D eigenvalue weighted by Crippen LogP contribution is 2.27. The highest BCUT2D eigenvalue weighted by atomic mass is 35.5. The molecule has 0 radical (unpaired) electrons. The number of rotatable bonds is 8. The number of piperazine rings is 1. The van der Waals surface area contributed by atoms with E-state index in [0.717, 1.165) is 23.0 Å². The van der Waals surface area contributed by atoms with Crippen LogP contribution in [0.4, 0.5) is 16.8 Å². The van der Waals surface area contributed by atoms with Crippen LogP contribution in [0.2, 0.25) is 5.02 Å². The Kier molecular flexibility index (Phi) is 4.08. The van der Waals surface area contributed by atoms with Crippen LogP contribution in [0, 0.1) is 13.8 Å². The maximum atomic E-state index is 13.0. The predicted molar refractivity (Wildman–Crippen MR) is 132 cm³/mol. The number of hydrogen-bond acceptors (Lipinski definition) is 9. The lowest BCUT2D eigenvalue weighted by molar-refractivity contribution is 0.0996. The molecule has 1 saturated heterocycles. The fourth-order valence-corrected chi connectivity index (χ4v) is 3.96. The quantitative estimate of drug-likeness (QED) is 0.456. The van der Waals surface area contributed by atoms with E-state index in [1.165, 1.54) is 13.1 Å². The van der Waals surface area contributed by atoms with Crippen LogP contribution < -0.4 is 10.2 Å². The van der Waals surface area contributed by atoms with Gasteiger partial charge >= 0.3 is 0 Å². The molecule has 0 bridgehead atoms. The van der Waals surface area contributed by atoms with Gasteiger partial charge in [-0.1, -0.05) is 35.1 Å². The molecule has 0 aliphatic carbocycles. The summed E-state index contributed by atoms with van der Waals surface area (Å²) in [4.78, 5) is 25.0. The fourth-order valence-electron chi connectivity index (χ4n) is 2.92. The highest BCUT2D eigenvalue weighted by Gasteiger charge is 2.19. The number of nitrogens with zero attached hydrogens (tertiary/aromatic N) is 5. The van der Waals surface area contributed by atoms with Crippen molar-refractivity contribution in [3.05, 3.63) is 57.3 Å². The van der Waals surface area contributed by atoms with Gasteiger partial charge in [-0.3, -0.25) is 9.69 Å². The average molecular weight is 499 g/mol. The number of nitrogens with one attached hydrogen (secondary N) is 1. The third-order valence-electron chi connectivity index (χ3n) is 4.47. The third-order valence-corrected chi connectivity index (χ3v) is 5.78. The number of benzene rings is 1. The van der Waals surface area contributed by atoms with E-state index in [9.17, 15) is 9.90 Å². The first-order chi connectivity index (χ1) is 20.4. The maximum Gasteiger partial charge on any atom is 0.188 e. The Balaban J connectivity index is 1.70. The van der Waals surface area contributed by atoms with Crippen LogP contribution in [0.25, 0.3) is 0 Å². The molecule has 4 rings (SSSR count). The zero-order chi connectivity index (χ0) is 34.1. The topological polar surface area (TPSA) is 94.5 Å². The molecule has 3 heterocycles. The summed E-state index contributed by atoms with van der Waals surface area (Å²) in [6.45, 7) is -19.6. The largest absolute Gasteiger partial charge is 0.395 e. The molecule has 8 nitrogen and oxygen atoms in total. The molecule has 0 saturated carbocycles. The number of ketones is 1.